The average Bonchev–Trinajstić information content (AvgIpc) is 2.92. The molecule has 1 fully saturated rings. The Labute approximate surface area is 105 Å². The van der Waals surface area contributed by atoms with Gasteiger partial charge in [0.15, 0.2) is 0 Å². The molecular formula is C11H17N5O2. The third-order valence-corrected chi connectivity index (χ3v) is 2.98. The molecule has 2 amide bonds. The minimum atomic E-state index is -0.256. The van der Waals surface area contributed by atoms with Crippen molar-refractivity contribution in [3.63, 3.8) is 0 Å². The number of anilines is 1. The van der Waals surface area contributed by atoms with Gasteiger partial charge in [0.25, 0.3) is 5.91 Å². The molecule has 2 heterocycles. The highest BCUT2D eigenvalue weighted by atomic mass is 16.2. The number of hydrogen-bond donors (Lipinski definition) is 3. The molecule has 4 N–H and O–H groups in total. The van der Waals surface area contributed by atoms with E-state index in [1.165, 1.54) is 6.20 Å². The van der Waals surface area contributed by atoms with E-state index in [9.17, 15) is 9.59 Å². The highest BCUT2D eigenvalue weighted by Gasteiger charge is 2.22. The first-order valence-electron chi connectivity index (χ1n) is 6.00. The molecule has 1 aliphatic rings. The fourth-order valence-electron chi connectivity index (χ4n) is 2.02. The van der Waals surface area contributed by atoms with Crippen LogP contribution in [0.15, 0.2) is 6.20 Å². The number of rotatable bonds is 4. The molecule has 0 aromatic carbocycles. The summed E-state index contributed by atoms with van der Waals surface area (Å²) in [6.07, 6.45) is 2.74. The predicted octanol–water partition coefficient (Wildman–Crippen LogP) is -0.506. The molecule has 7 nitrogen and oxygen atoms in total. The second kappa shape index (κ2) is 5.07. The SMILES string of the molecule is CCn1ncc(N)c1C(=O)NCC1CCC(=O)N1. The lowest BCUT2D eigenvalue weighted by Gasteiger charge is -2.12. The minimum absolute atomic E-state index is 0.0145. The van der Waals surface area contributed by atoms with E-state index in [1.807, 2.05) is 6.92 Å². The van der Waals surface area contributed by atoms with E-state index in [0.717, 1.165) is 6.42 Å². The molecule has 0 spiro atoms. The van der Waals surface area contributed by atoms with Gasteiger partial charge < -0.3 is 16.4 Å². The molecule has 1 atom stereocenters. The van der Waals surface area contributed by atoms with E-state index in [2.05, 4.69) is 15.7 Å². The van der Waals surface area contributed by atoms with Crippen molar-refractivity contribution >= 4 is 17.5 Å². The third kappa shape index (κ3) is 2.44. The average molecular weight is 251 g/mol. The van der Waals surface area contributed by atoms with Crippen molar-refractivity contribution in [3.8, 4) is 0 Å². The van der Waals surface area contributed by atoms with Crippen molar-refractivity contribution in [2.24, 2.45) is 0 Å². The van der Waals surface area contributed by atoms with Crippen molar-refractivity contribution in [1.29, 1.82) is 0 Å². The Kier molecular flexibility index (Phi) is 3.50. The van der Waals surface area contributed by atoms with E-state index >= 15 is 0 Å². The zero-order valence-corrected chi connectivity index (χ0v) is 10.3. The van der Waals surface area contributed by atoms with Gasteiger partial charge in [0, 0.05) is 25.6 Å². The Balaban J connectivity index is 1.95. The first-order valence-corrected chi connectivity index (χ1v) is 6.00. The summed E-state index contributed by atoms with van der Waals surface area (Å²) in [5.41, 5.74) is 6.45. The zero-order valence-electron chi connectivity index (χ0n) is 10.3. The lowest BCUT2D eigenvalue weighted by molar-refractivity contribution is -0.119. The Morgan fingerprint density at radius 3 is 3.11 bits per heavy atom. The van der Waals surface area contributed by atoms with Crippen LogP contribution in [0.25, 0.3) is 0 Å². The maximum Gasteiger partial charge on any atom is 0.271 e. The normalized spacial score (nSPS) is 18.7. The maximum absolute atomic E-state index is 12.0. The number of amides is 2. The largest absolute Gasteiger partial charge is 0.396 e. The molecule has 7 heteroatoms. The van der Waals surface area contributed by atoms with Crippen molar-refractivity contribution in [1.82, 2.24) is 20.4 Å². The van der Waals surface area contributed by atoms with Crippen LogP contribution >= 0.6 is 0 Å². The van der Waals surface area contributed by atoms with Crippen molar-refractivity contribution in [3.05, 3.63) is 11.9 Å². The standard InChI is InChI=1S/C11H17N5O2/c1-2-16-10(8(12)6-14-16)11(18)13-5-7-3-4-9(17)15-7/h6-7H,2-5,12H2,1H3,(H,13,18)(H,15,17). The van der Waals surface area contributed by atoms with Crippen LogP contribution in [0.4, 0.5) is 5.69 Å². The van der Waals surface area contributed by atoms with Gasteiger partial charge in [0.05, 0.1) is 11.9 Å². The summed E-state index contributed by atoms with van der Waals surface area (Å²) in [5.74, 6) is -0.222. The van der Waals surface area contributed by atoms with E-state index in [-0.39, 0.29) is 17.9 Å². The summed E-state index contributed by atoms with van der Waals surface area (Å²) in [4.78, 5) is 23.0. The molecular weight excluding hydrogens is 234 g/mol. The highest BCUT2D eigenvalue weighted by molar-refractivity contribution is 5.97. The second-order valence-electron chi connectivity index (χ2n) is 4.28. The van der Waals surface area contributed by atoms with Gasteiger partial charge in [-0.05, 0) is 13.3 Å². The van der Waals surface area contributed by atoms with Crippen LogP contribution in [0.3, 0.4) is 0 Å². The lowest BCUT2D eigenvalue weighted by atomic mass is 10.2. The van der Waals surface area contributed by atoms with Crippen LogP contribution in [-0.4, -0.2) is 34.2 Å². The van der Waals surface area contributed by atoms with Gasteiger partial charge in [0.2, 0.25) is 5.91 Å². The summed E-state index contributed by atoms with van der Waals surface area (Å²) in [7, 11) is 0. The summed E-state index contributed by atoms with van der Waals surface area (Å²) >= 11 is 0. The van der Waals surface area contributed by atoms with Gasteiger partial charge in [-0.3, -0.25) is 14.3 Å². The fourth-order valence-corrected chi connectivity index (χ4v) is 2.02. The number of nitrogens with one attached hydrogen (secondary N) is 2. The highest BCUT2D eigenvalue weighted by Crippen LogP contribution is 2.11. The number of nitrogens with zero attached hydrogens (tertiary/aromatic N) is 2. The van der Waals surface area contributed by atoms with Crippen molar-refractivity contribution < 1.29 is 9.59 Å². The third-order valence-electron chi connectivity index (χ3n) is 2.98. The van der Waals surface area contributed by atoms with Crippen LogP contribution in [-0.2, 0) is 11.3 Å². The summed E-state index contributed by atoms with van der Waals surface area (Å²) in [6, 6.07) is 0.0145. The molecule has 0 aliphatic carbocycles. The molecule has 1 aliphatic heterocycles. The van der Waals surface area contributed by atoms with Gasteiger partial charge >= 0.3 is 0 Å². The van der Waals surface area contributed by atoms with Crippen molar-refractivity contribution in [2.45, 2.75) is 32.4 Å². The monoisotopic (exact) mass is 251 g/mol. The lowest BCUT2D eigenvalue weighted by Crippen LogP contribution is -2.39. The molecule has 0 saturated carbocycles. The first kappa shape index (κ1) is 12.4. The Bertz CT molecular complexity index is 468. The predicted molar refractivity (Wildman–Crippen MR) is 65.8 cm³/mol. The number of carbonyl (C=O) groups is 2. The molecule has 1 aromatic rings. The fraction of sp³-hybridized carbons (Fsp3) is 0.545. The molecule has 0 radical (unpaired) electrons. The summed E-state index contributed by atoms with van der Waals surface area (Å²) in [5, 5.41) is 9.57. The quantitative estimate of drug-likeness (QED) is 0.671. The topological polar surface area (TPSA) is 102 Å². The van der Waals surface area contributed by atoms with Crippen LogP contribution in [0.1, 0.15) is 30.3 Å². The maximum atomic E-state index is 12.0. The van der Waals surface area contributed by atoms with E-state index < -0.39 is 0 Å². The van der Waals surface area contributed by atoms with Crippen LogP contribution in [0, 0.1) is 0 Å². The summed E-state index contributed by atoms with van der Waals surface area (Å²) < 4.78 is 1.55. The zero-order chi connectivity index (χ0) is 13.1. The first-order chi connectivity index (χ1) is 8.61. The summed E-state index contributed by atoms with van der Waals surface area (Å²) in [6.45, 7) is 2.89. The molecule has 1 saturated heterocycles. The van der Waals surface area contributed by atoms with Gasteiger partial charge in [-0.15, -0.1) is 0 Å². The van der Waals surface area contributed by atoms with E-state index in [0.29, 0.717) is 30.9 Å². The van der Waals surface area contributed by atoms with E-state index in [1.54, 1.807) is 4.68 Å². The van der Waals surface area contributed by atoms with Gasteiger partial charge in [-0.2, -0.15) is 5.10 Å². The number of hydrogen-bond acceptors (Lipinski definition) is 4. The molecule has 98 valence electrons. The smallest absolute Gasteiger partial charge is 0.271 e. The van der Waals surface area contributed by atoms with Gasteiger partial charge in [-0.1, -0.05) is 0 Å². The van der Waals surface area contributed by atoms with Crippen LogP contribution in [0.2, 0.25) is 0 Å². The molecule has 0 bridgehead atoms. The molecule has 1 unspecified atom stereocenters. The Hall–Kier alpha value is -2.05. The van der Waals surface area contributed by atoms with Gasteiger partial charge in [-0.25, -0.2) is 0 Å². The second-order valence-corrected chi connectivity index (χ2v) is 4.28. The van der Waals surface area contributed by atoms with Gasteiger partial charge in [0.1, 0.15) is 5.69 Å². The van der Waals surface area contributed by atoms with E-state index in [4.69, 9.17) is 5.73 Å². The van der Waals surface area contributed by atoms with Crippen LogP contribution in [0.5, 0.6) is 0 Å². The van der Waals surface area contributed by atoms with Crippen molar-refractivity contribution in [2.75, 3.05) is 12.3 Å². The molecule has 1 aromatic heterocycles. The minimum Gasteiger partial charge on any atom is -0.396 e. The Morgan fingerprint density at radius 1 is 1.72 bits per heavy atom. The van der Waals surface area contributed by atoms with Crippen LogP contribution < -0.4 is 16.4 Å². The number of nitrogens with two attached hydrogens (primary N) is 1. The molecule has 2 rings (SSSR count). The Morgan fingerprint density at radius 2 is 2.50 bits per heavy atom. The molecule has 18 heavy (non-hydrogen) atoms. The number of aryl methyl sites for hydroxylation is 1. The number of nitrogen functional groups attached to an aromatic ring is 1. The number of aromatic nitrogens is 2. The number of carbonyl (C=O) groups excluding carboxylic acids is 2.